The Morgan fingerprint density at radius 2 is 0.750 bits per heavy atom. The fourth-order valence-corrected chi connectivity index (χ4v) is 0. The van der Waals surface area contributed by atoms with E-state index in [0.717, 1.165) is 0 Å². The molecular weight excluding hydrogens is 104 g/mol. The molecule has 0 aliphatic rings. The molecule has 4 heteroatoms. The first-order valence-electron chi connectivity index (χ1n) is 0. The van der Waals surface area contributed by atoms with Crippen LogP contribution in [0.2, 0.25) is 0 Å². The molecule has 0 unspecified atom stereocenters. The number of hydrogen-bond donors (Lipinski definition) is 0. The fraction of sp³-hybridized carbons (Fsp3) is 0. The minimum Gasteiger partial charge on any atom is -0.870 e. The monoisotopic (exact) mass is 108 g/mol. The molecule has 3 nitrogen and oxygen atoms in total. The van der Waals surface area contributed by atoms with Crippen LogP contribution in [0.4, 0.5) is 0 Å². The van der Waals surface area contributed by atoms with Gasteiger partial charge in [0.15, 0.2) is 0 Å². The summed E-state index contributed by atoms with van der Waals surface area (Å²) < 4.78 is 0. The quantitative estimate of drug-likeness (QED) is 0.365. The Bertz CT molecular complexity index is 3.25. The standard InChI is InChI=1S/Fe.3H2O/h;3*1H2/q+2;;;/p-2. The molecule has 4 N–H and O–H groups in total. The summed E-state index contributed by atoms with van der Waals surface area (Å²) in [6, 6.07) is 0. The molecule has 0 aromatic rings. The first-order chi connectivity index (χ1) is 0. The molecule has 0 heterocycles. The second-order valence-electron chi connectivity index (χ2n) is 0. The van der Waals surface area contributed by atoms with Gasteiger partial charge < -0.3 is 16.4 Å². The molecule has 4 heavy (non-hydrogen) atoms. The molecule has 0 amide bonds. The van der Waals surface area contributed by atoms with Crippen LogP contribution >= 0.6 is 0 Å². The Kier molecular flexibility index (Phi) is 9770. The smallest absolute Gasteiger partial charge is 0.870 e. The van der Waals surface area contributed by atoms with Gasteiger partial charge in [0.05, 0.1) is 0 Å². The van der Waals surface area contributed by atoms with Gasteiger partial charge in [0.25, 0.3) is 0 Å². The van der Waals surface area contributed by atoms with E-state index < -0.39 is 0 Å². The van der Waals surface area contributed by atoms with Gasteiger partial charge >= 0.3 is 17.1 Å². The van der Waals surface area contributed by atoms with E-state index in [4.69, 9.17) is 0 Å². The Labute approximate surface area is 34.4 Å². The molecule has 0 radical (unpaired) electrons. The Balaban J connectivity index is 0. The summed E-state index contributed by atoms with van der Waals surface area (Å²) in [6.07, 6.45) is 0. The molecule has 0 spiro atoms. The topological polar surface area (TPSA) is 91.5 Å². The predicted octanol–water partition coefficient (Wildman–Crippen LogP) is -1.18. The van der Waals surface area contributed by atoms with Crippen molar-refractivity contribution in [2.75, 3.05) is 0 Å². The summed E-state index contributed by atoms with van der Waals surface area (Å²) >= 11 is 0. The summed E-state index contributed by atoms with van der Waals surface area (Å²) in [6.45, 7) is 0. The van der Waals surface area contributed by atoms with Crippen LogP contribution < -0.4 is 0 Å². The predicted molar refractivity (Wildman–Crippen MR) is 7.49 cm³/mol. The fourth-order valence-electron chi connectivity index (χ4n) is 0. The summed E-state index contributed by atoms with van der Waals surface area (Å²) in [5.41, 5.74) is 0. The van der Waals surface area contributed by atoms with E-state index in [1.54, 1.807) is 0 Å². The molecule has 0 rings (SSSR count). The van der Waals surface area contributed by atoms with Crippen molar-refractivity contribution in [3.05, 3.63) is 0 Å². The van der Waals surface area contributed by atoms with Crippen molar-refractivity contribution in [3.8, 4) is 0 Å². The van der Waals surface area contributed by atoms with E-state index in [1.807, 2.05) is 0 Å². The zero-order valence-electron chi connectivity index (χ0n) is 1.75. The minimum atomic E-state index is 0. The van der Waals surface area contributed by atoms with Gasteiger partial charge in [-0.25, -0.2) is 0 Å². The molecule has 0 bridgehead atoms. The van der Waals surface area contributed by atoms with Gasteiger partial charge in [-0.05, 0) is 0 Å². The molecule has 30 valence electrons. The van der Waals surface area contributed by atoms with Gasteiger partial charge in [-0.15, -0.1) is 0 Å². The molecule has 0 aliphatic carbocycles. The first kappa shape index (κ1) is 319. The van der Waals surface area contributed by atoms with Crippen LogP contribution in [-0.2, 0) is 17.1 Å². The van der Waals surface area contributed by atoms with Gasteiger partial charge in [-0.2, -0.15) is 0 Å². The summed E-state index contributed by atoms with van der Waals surface area (Å²) in [4.78, 5) is 0. The van der Waals surface area contributed by atoms with Crippen molar-refractivity contribution < 1.29 is 33.5 Å². The van der Waals surface area contributed by atoms with E-state index in [1.165, 1.54) is 0 Å². The van der Waals surface area contributed by atoms with Gasteiger partial charge in [0.2, 0.25) is 0 Å². The maximum Gasteiger partial charge on any atom is 2.00 e. The van der Waals surface area contributed by atoms with Crippen molar-refractivity contribution >= 4 is 0 Å². The normalized spacial score (nSPS) is 0. The Morgan fingerprint density at radius 1 is 0.750 bits per heavy atom. The van der Waals surface area contributed by atoms with Crippen LogP contribution in [0.1, 0.15) is 0 Å². The first-order valence-corrected chi connectivity index (χ1v) is 0. The van der Waals surface area contributed by atoms with Crippen LogP contribution in [-0.4, -0.2) is 16.4 Å². The second kappa shape index (κ2) is 123. The largest absolute Gasteiger partial charge is 2.00 e. The van der Waals surface area contributed by atoms with Crippen molar-refractivity contribution in [1.82, 2.24) is 0 Å². The van der Waals surface area contributed by atoms with Crippen LogP contribution in [0.3, 0.4) is 0 Å². The van der Waals surface area contributed by atoms with Crippen LogP contribution in [0.5, 0.6) is 0 Å². The minimum absolute atomic E-state index is 0. The molecule has 0 saturated carbocycles. The zero-order valence-corrected chi connectivity index (χ0v) is 2.85. The van der Waals surface area contributed by atoms with Gasteiger partial charge in [0.1, 0.15) is 0 Å². The van der Waals surface area contributed by atoms with Gasteiger partial charge in [0, 0.05) is 0 Å². The third kappa shape index (κ3) is 29.4. The van der Waals surface area contributed by atoms with Crippen molar-refractivity contribution in [3.63, 3.8) is 0 Å². The number of rotatable bonds is 0. The van der Waals surface area contributed by atoms with Crippen molar-refractivity contribution in [1.29, 1.82) is 0 Å². The third-order valence-corrected chi connectivity index (χ3v) is 0. The van der Waals surface area contributed by atoms with E-state index in [2.05, 4.69) is 0 Å². The molecular formula is H4FeO3. The van der Waals surface area contributed by atoms with Gasteiger partial charge in [-0.1, -0.05) is 0 Å². The van der Waals surface area contributed by atoms with Gasteiger partial charge in [-0.3, -0.25) is 0 Å². The van der Waals surface area contributed by atoms with E-state index in [0.29, 0.717) is 0 Å². The molecule has 0 saturated heterocycles. The second-order valence-corrected chi connectivity index (χ2v) is 0. The Hall–Kier alpha value is 0.399. The molecule has 0 aromatic heterocycles. The maximum atomic E-state index is 0. The SMILES string of the molecule is O.[Fe+2].[OH-].[OH-]. The van der Waals surface area contributed by atoms with E-state index in [-0.39, 0.29) is 33.5 Å². The average Bonchev–Trinajstić information content (AvgIpc) is 0. The van der Waals surface area contributed by atoms with Crippen LogP contribution in [0, 0.1) is 0 Å². The third-order valence-electron chi connectivity index (χ3n) is 0. The van der Waals surface area contributed by atoms with E-state index >= 15 is 0 Å². The van der Waals surface area contributed by atoms with E-state index in [9.17, 15) is 0 Å². The molecule has 0 aromatic carbocycles. The number of hydrogen-bond acceptors (Lipinski definition) is 2. The van der Waals surface area contributed by atoms with Crippen molar-refractivity contribution in [2.45, 2.75) is 0 Å². The molecule has 0 fully saturated rings. The maximum absolute atomic E-state index is 0. The summed E-state index contributed by atoms with van der Waals surface area (Å²) in [5, 5.41) is 0. The van der Waals surface area contributed by atoms with Crippen molar-refractivity contribution in [2.24, 2.45) is 0 Å². The molecule has 0 aliphatic heterocycles. The summed E-state index contributed by atoms with van der Waals surface area (Å²) in [5.74, 6) is 0. The zero-order chi connectivity index (χ0) is 0. The average molecular weight is 108 g/mol. The molecule has 0 atom stereocenters. The van der Waals surface area contributed by atoms with Crippen LogP contribution in [0.25, 0.3) is 0 Å². The van der Waals surface area contributed by atoms with Crippen LogP contribution in [0.15, 0.2) is 0 Å². The Morgan fingerprint density at radius 3 is 0.750 bits per heavy atom. The summed E-state index contributed by atoms with van der Waals surface area (Å²) in [7, 11) is 0.